The van der Waals surface area contributed by atoms with Crippen molar-refractivity contribution >= 4 is 34.6 Å². The van der Waals surface area contributed by atoms with Crippen molar-refractivity contribution in [2.24, 2.45) is 0 Å². The predicted octanol–water partition coefficient (Wildman–Crippen LogP) is 4.42. The van der Waals surface area contributed by atoms with Crippen molar-refractivity contribution in [1.82, 2.24) is 0 Å². The Morgan fingerprint density at radius 3 is 2.62 bits per heavy atom. The van der Waals surface area contributed by atoms with E-state index in [1.165, 1.54) is 37.7 Å². The summed E-state index contributed by atoms with van der Waals surface area (Å²) < 4.78 is 4.94. The first-order valence-electron chi connectivity index (χ1n) is 8.84. The van der Waals surface area contributed by atoms with E-state index >= 15 is 0 Å². The van der Waals surface area contributed by atoms with Crippen LogP contribution in [0, 0.1) is 0 Å². The van der Waals surface area contributed by atoms with E-state index in [1.807, 2.05) is 11.9 Å². The number of nitrogens with zero attached hydrogens (tertiary/aromatic N) is 1. The van der Waals surface area contributed by atoms with Crippen LogP contribution < -0.4 is 10.6 Å². The molecule has 1 saturated carbocycles. The minimum Gasteiger partial charge on any atom is -0.466 e. The molecule has 0 unspecified atom stereocenters. The van der Waals surface area contributed by atoms with E-state index in [-0.39, 0.29) is 5.97 Å². The smallest absolute Gasteiger partial charge is 0.306 e. The SMILES string of the molecule is CCOC(=O)CCC(=S)N(C)c1ccc(C2CCCCC2)cc1N. The Balaban J connectivity index is 1.99. The number of carbonyl (C=O) groups is 1. The van der Waals surface area contributed by atoms with E-state index in [1.54, 1.807) is 6.92 Å². The molecular formula is C19H28N2O2S. The van der Waals surface area contributed by atoms with Crippen LogP contribution in [0.2, 0.25) is 0 Å². The van der Waals surface area contributed by atoms with E-state index in [9.17, 15) is 4.79 Å². The highest BCUT2D eigenvalue weighted by molar-refractivity contribution is 7.80. The van der Waals surface area contributed by atoms with Crippen LogP contribution in [-0.2, 0) is 9.53 Å². The molecule has 0 aliphatic heterocycles. The minimum atomic E-state index is -0.214. The van der Waals surface area contributed by atoms with Gasteiger partial charge in [-0.05, 0) is 43.4 Å². The summed E-state index contributed by atoms with van der Waals surface area (Å²) in [6.07, 6.45) is 7.28. The van der Waals surface area contributed by atoms with Gasteiger partial charge >= 0.3 is 5.97 Å². The van der Waals surface area contributed by atoms with Crippen molar-refractivity contribution < 1.29 is 9.53 Å². The van der Waals surface area contributed by atoms with E-state index in [2.05, 4.69) is 18.2 Å². The number of esters is 1. The maximum absolute atomic E-state index is 11.5. The Bertz CT molecular complexity index is 583. The molecular weight excluding hydrogens is 320 g/mol. The Kier molecular flexibility index (Phi) is 7.03. The first-order valence-corrected chi connectivity index (χ1v) is 9.25. The summed E-state index contributed by atoms with van der Waals surface area (Å²) in [5.74, 6) is 0.421. The molecule has 0 atom stereocenters. The molecule has 0 aromatic heterocycles. The second-order valence-electron chi connectivity index (χ2n) is 6.41. The fraction of sp³-hybridized carbons (Fsp3) is 0.579. The van der Waals surface area contributed by atoms with Crippen molar-refractivity contribution in [3.05, 3.63) is 23.8 Å². The number of hydrogen-bond acceptors (Lipinski definition) is 4. The molecule has 4 nitrogen and oxygen atoms in total. The summed E-state index contributed by atoms with van der Waals surface area (Å²) in [7, 11) is 1.90. The van der Waals surface area contributed by atoms with Gasteiger partial charge in [-0.3, -0.25) is 4.79 Å². The van der Waals surface area contributed by atoms with Crippen molar-refractivity contribution in [2.45, 2.75) is 57.8 Å². The number of thiocarbonyl (C=S) groups is 1. The molecule has 1 aromatic rings. The van der Waals surface area contributed by atoms with Crippen LogP contribution in [0.4, 0.5) is 11.4 Å². The maximum Gasteiger partial charge on any atom is 0.306 e. The second kappa shape index (κ2) is 9.02. The molecule has 0 bridgehead atoms. The molecule has 0 amide bonds. The first kappa shape index (κ1) is 18.7. The van der Waals surface area contributed by atoms with Crippen LogP contribution in [0.15, 0.2) is 18.2 Å². The van der Waals surface area contributed by atoms with E-state index < -0.39 is 0 Å². The van der Waals surface area contributed by atoms with Gasteiger partial charge in [-0.1, -0.05) is 37.5 Å². The number of hydrogen-bond donors (Lipinski definition) is 1. The zero-order valence-corrected chi connectivity index (χ0v) is 15.5. The van der Waals surface area contributed by atoms with Crippen LogP contribution in [0.5, 0.6) is 0 Å². The van der Waals surface area contributed by atoms with E-state index in [0.29, 0.717) is 30.4 Å². The molecule has 0 heterocycles. The van der Waals surface area contributed by atoms with Gasteiger partial charge in [-0.25, -0.2) is 0 Å². The Morgan fingerprint density at radius 1 is 1.29 bits per heavy atom. The third kappa shape index (κ3) is 4.94. The minimum absolute atomic E-state index is 0.214. The number of rotatable bonds is 6. The number of nitrogens with two attached hydrogens (primary N) is 1. The molecule has 1 aliphatic rings. The molecule has 1 fully saturated rings. The molecule has 5 heteroatoms. The molecule has 1 aromatic carbocycles. The van der Waals surface area contributed by atoms with Gasteiger partial charge in [-0.2, -0.15) is 0 Å². The Morgan fingerprint density at radius 2 is 2.00 bits per heavy atom. The normalized spacial score (nSPS) is 15.1. The largest absolute Gasteiger partial charge is 0.466 e. The van der Waals surface area contributed by atoms with Gasteiger partial charge in [-0.15, -0.1) is 0 Å². The quantitative estimate of drug-likeness (QED) is 0.468. The van der Waals surface area contributed by atoms with Crippen LogP contribution >= 0.6 is 12.2 Å². The van der Waals surface area contributed by atoms with Crippen LogP contribution in [-0.4, -0.2) is 24.6 Å². The predicted molar refractivity (Wildman–Crippen MR) is 104 cm³/mol. The summed E-state index contributed by atoms with van der Waals surface area (Å²) in [6, 6.07) is 6.32. The number of anilines is 2. The zero-order chi connectivity index (χ0) is 17.5. The lowest BCUT2D eigenvalue weighted by atomic mass is 9.84. The first-order chi connectivity index (χ1) is 11.5. The molecule has 24 heavy (non-hydrogen) atoms. The average Bonchev–Trinajstić information content (AvgIpc) is 2.60. The van der Waals surface area contributed by atoms with Gasteiger partial charge < -0.3 is 15.4 Å². The van der Waals surface area contributed by atoms with Crippen molar-refractivity contribution in [3.8, 4) is 0 Å². The van der Waals surface area contributed by atoms with Crippen LogP contribution in [0.1, 0.15) is 63.4 Å². The number of benzene rings is 1. The lowest BCUT2D eigenvalue weighted by Gasteiger charge is -2.25. The number of nitrogen functional groups attached to an aromatic ring is 1. The Labute approximate surface area is 150 Å². The summed E-state index contributed by atoms with van der Waals surface area (Å²) in [4.78, 5) is 14.1. The van der Waals surface area contributed by atoms with Gasteiger partial charge in [0.2, 0.25) is 0 Å². The molecule has 132 valence electrons. The van der Waals surface area contributed by atoms with Crippen LogP contribution in [0.3, 0.4) is 0 Å². The summed E-state index contributed by atoms with van der Waals surface area (Å²) in [5, 5.41) is 0. The summed E-state index contributed by atoms with van der Waals surface area (Å²) in [6.45, 7) is 2.20. The summed E-state index contributed by atoms with van der Waals surface area (Å²) >= 11 is 5.44. The summed E-state index contributed by atoms with van der Waals surface area (Å²) in [5.41, 5.74) is 9.27. The topological polar surface area (TPSA) is 55.6 Å². The third-order valence-electron chi connectivity index (χ3n) is 4.71. The molecule has 1 aliphatic carbocycles. The number of carbonyl (C=O) groups excluding carboxylic acids is 1. The second-order valence-corrected chi connectivity index (χ2v) is 6.88. The van der Waals surface area contributed by atoms with Crippen molar-refractivity contribution in [1.29, 1.82) is 0 Å². The average molecular weight is 349 g/mol. The monoisotopic (exact) mass is 348 g/mol. The highest BCUT2D eigenvalue weighted by Gasteiger charge is 2.18. The maximum atomic E-state index is 11.5. The zero-order valence-electron chi connectivity index (χ0n) is 14.7. The van der Waals surface area contributed by atoms with E-state index in [0.717, 1.165) is 11.4 Å². The molecule has 0 spiro atoms. The van der Waals surface area contributed by atoms with Gasteiger partial charge in [0.1, 0.15) is 0 Å². The Hall–Kier alpha value is -1.62. The lowest BCUT2D eigenvalue weighted by Crippen LogP contribution is -2.26. The lowest BCUT2D eigenvalue weighted by molar-refractivity contribution is -0.142. The fourth-order valence-electron chi connectivity index (χ4n) is 3.31. The van der Waals surface area contributed by atoms with Gasteiger partial charge in [0.15, 0.2) is 0 Å². The third-order valence-corrected chi connectivity index (χ3v) is 5.19. The van der Waals surface area contributed by atoms with Gasteiger partial charge in [0.05, 0.1) is 29.4 Å². The molecule has 2 N–H and O–H groups in total. The van der Waals surface area contributed by atoms with Gasteiger partial charge in [0, 0.05) is 13.5 Å². The number of ether oxygens (including phenoxy) is 1. The highest BCUT2D eigenvalue weighted by Crippen LogP contribution is 2.35. The molecule has 2 rings (SSSR count). The standard InChI is InChI=1S/C19H28N2O2S/c1-3-23-19(22)12-11-18(24)21(2)17-10-9-15(13-16(17)20)14-7-5-4-6-8-14/h9-10,13-14H,3-8,11-12,20H2,1-2H3. The fourth-order valence-corrected chi connectivity index (χ4v) is 3.51. The van der Waals surface area contributed by atoms with Gasteiger partial charge in [0.25, 0.3) is 0 Å². The van der Waals surface area contributed by atoms with E-state index in [4.69, 9.17) is 22.7 Å². The molecule has 0 radical (unpaired) electrons. The van der Waals surface area contributed by atoms with Crippen molar-refractivity contribution in [3.63, 3.8) is 0 Å². The van der Waals surface area contributed by atoms with Crippen LogP contribution in [0.25, 0.3) is 0 Å². The highest BCUT2D eigenvalue weighted by atomic mass is 32.1. The van der Waals surface area contributed by atoms with Crippen molar-refractivity contribution in [2.75, 3.05) is 24.3 Å². The molecule has 0 saturated heterocycles.